The van der Waals surface area contributed by atoms with Crippen LogP contribution in [-0.2, 0) is 9.84 Å². The average Bonchev–Trinajstić information content (AvgIpc) is 2.16. The van der Waals surface area contributed by atoms with Crippen molar-refractivity contribution in [3.8, 4) is 0 Å². The van der Waals surface area contributed by atoms with Crippen LogP contribution < -0.4 is 5.73 Å². The topological polar surface area (TPSA) is 80.4 Å². The van der Waals surface area contributed by atoms with Gasteiger partial charge in [-0.25, -0.2) is 8.42 Å². The van der Waals surface area contributed by atoms with Crippen molar-refractivity contribution in [2.24, 2.45) is 11.7 Å². The summed E-state index contributed by atoms with van der Waals surface area (Å²) in [5.41, 5.74) is 5.38. The van der Waals surface area contributed by atoms with Gasteiger partial charge in [0.2, 0.25) is 0 Å². The lowest BCUT2D eigenvalue weighted by Gasteiger charge is -2.09. The number of rotatable bonds is 9. The summed E-state index contributed by atoms with van der Waals surface area (Å²) < 4.78 is 23.1. The van der Waals surface area contributed by atoms with Gasteiger partial charge >= 0.3 is 0 Å². The number of nitrogens with two attached hydrogens (primary N) is 1. The monoisotopic (exact) mass is 237 g/mol. The smallest absolute Gasteiger partial charge is 0.150 e. The molecule has 0 fully saturated rings. The lowest BCUT2D eigenvalue weighted by Crippen LogP contribution is -2.22. The molecular weight excluding hydrogens is 214 g/mol. The standard InChI is InChI=1S/C10H23NO3S/c1-10(8-11)9-15(13,14)7-5-3-2-4-6-12/h10,12H,2-9,11H2,1H3. The van der Waals surface area contributed by atoms with Crippen molar-refractivity contribution < 1.29 is 13.5 Å². The first-order valence-corrected chi connectivity index (χ1v) is 7.35. The summed E-state index contributed by atoms with van der Waals surface area (Å²) in [5.74, 6) is 0.499. The first-order valence-electron chi connectivity index (χ1n) is 5.53. The number of hydrogen-bond acceptors (Lipinski definition) is 4. The van der Waals surface area contributed by atoms with Gasteiger partial charge in [-0.05, 0) is 25.3 Å². The van der Waals surface area contributed by atoms with Gasteiger partial charge in [0.15, 0.2) is 9.84 Å². The molecule has 0 aromatic heterocycles. The third kappa shape index (κ3) is 8.84. The number of aliphatic hydroxyl groups excluding tert-OH is 1. The summed E-state index contributed by atoms with van der Waals surface area (Å²) in [5, 5.41) is 8.54. The lowest BCUT2D eigenvalue weighted by molar-refractivity contribution is 0.283. The highest BCUT2D eigenvalue weighted by atomic mass is 32.2. The highest BCUT2D eigenvalue weighted by Gasteiger charge is 2.14. The van der Waals surface area contributed by atoms with Gasteiger partial charge in [0.25, 0.3) is 0 Å². The molecule has 0 aliphatic carbocycles. The van der Waals surface area contributed by atoms with Crippen LogP contribution in [-0.4, -0.2) is 38.2 Å². The zero-order valence-electron chi connectivity index (χ0n) is 9.48. The highest BCUT2D eigenvalue weighted by Crippen LogP contribution is 2.06. The zero-order valence-corrected chi connectivity index (χ0v) is 10.3. The molecule has 92 valence electrons. The van der Waals surface area contributed by atoms with E-state index in [4.69, 9.17) is 10.8 Å². The molecule has 0 spiro atoms. The van der Waals surface area contributed by atoms with E-state index in [-0.39, 0.29) is 24.0 Å². The van der Waals surface area contributed by atoms with E-state index in [0.717, 1.165) is 19.3 Å². The van der Waals surface area contributed by atoms with Gasteiger partial charge in [-0.3, -0.25) is 0 Å². The van der Waals surface area contributed by atoms with Crippen LogP contribution in [0.15, 0.2) is 0 Å². The van der Waals surface area contributed by atoms with E-state index in [2.05, 4.69) is 0 Å². The van der Waals surface area contributed by atoms with Crippen LogP contribution in [0.3, 0.4) is 0 Å². The molecule has 5 heteroatoms. The molecule has 0 radical (unpaired) electrons. The van der Waals surface area contributed by atoms with Gasteiger partial charge in [-0.1, -0.05) is 19.8 Å². The Hall–Kier alpha value is -0.130. The fourth-order valence-electron chi connectivity index (χ4n) is 1.37. The molecule has 1 atom stereocenters. The summed E-state index contributed by atoms with van der Waals surface area (Å²) in [6, 6.07) is 0. The number of unbranched alkanes of at least 4 members (excludes halogenated alkanes) is 3. The molecular formula is C10H23NO3S. The largest absolute Gasteiger partial charge is 0.396 e. The number of sulfone groups is 1. The molecule has 0 saturated carbocycles. The second kappa shape index (κ2) is 8.07. The maximum absolute atomic E-state index is 11.5. The molecule has 15 heavy (non-hydrogen) atoms. The van der Waals surface area contributed by atoms with Crippen molar-refractivity contribution in [2.75, 3.05) is 24.7 Å². The van der Waals surface area contributed by atoms with Gasteiger partial charge in [-0.2, -0.15) is 0 Å². The quantitative estimate of drug-likeness (QED) is 0.574. The summed E-state index contributed by atoms with van der Waals surface area (Å²) in [6.45, 7) is 2.46. The number of hydrogen-bond donors (Lipinski definition) is 2. The molecule has 3 N–H and O–H groups in total. The van der Waals surface area contributed by atoms with Crippen molar-refractivity contribution in [1.82, 2.24) is 0 Å². The molecule has 0 aliphatic rings. The van der Waals surface area contributed by atoms with Crippen LogP contribution in [0.5, 0.6) is 0 Å². The minimum Gasteiger partial charge on any atom is -0.396 e. The predicted molar refractivity (Wildman–Crippen MR) is 62.4 cm³/mol. The van der Waals surface area contributed by atoms with Gasteiger partial charge in [0.1, 0.15) is 0 Å². The third-order valence-corrected chi connectivity index (χ3v) is 4.29. The lowest BCUT2D eigenvalue weighted by atomic mass is 10.2. The van der Waals surface area contributed by atoms with Gasteiger partial charge in [0.05, 0.1) is 11.5 Å². The highest BCUT2D eigenvalue weighted by molar-refractivity contribution is 7.91. The molecule has 0 heterocycles. The normalized spacial score (nSPS) is 14.1. The summed E-state index contributed by atoms with van der Waals surface area (Å²) in [7, 11) is -2.92. The molecule has 0 aromatic rings. The Balaban J connectivity index is 3.65. The molecule has 0 aliphatic heterocycles. The fraction of sp³-hybridized carbons (Fsp3) is 1.00. The molecule has 0 saturated heterocycles. The van der Waals surface area contributed by atoms with E-state index in [9.17, 15) is 8.42 Å². The fourth-order valence-corrected chi connectivity index (χ4v) is 3.19. The molecule has 1 unspecified atom stereocenters. The molecule has 0 rings (SSSR count). The first kappa shape index (κ1) is 14.9. The van der Waals surface area contributed by atoms with E-state index in [1.807, 2.05) is 6.92 Å². The van der Waals surface area contributed by atoms with Crippen molar-refractivity contribution in [3.63, 3.8) is 0 Å². The van der Waals surface area contributed by atoms with Crippen molar-refractivity contribution in [1.29, 1.82) is 0 Å². The maximum Gasteiger partial charge on any atom is 0.150 e. The zero-order chi connectivity index (χ0) is 11.7. The maximum atomic E-state index is 11.5. The summed E-state index contributed by atoms with van der Waals surface area (Å²) in [4.78, 5) is 0. The predicted octanol–water partition coefficient (Wildman–Crippen LogP) is 0.549. The van der Waals surface area contributed by atoms with Crippen LogP contribution in [0.2, 0.25) is 0 Å². The second-order valence-corrected chi connectivity index (χ2v) is 6.32. The Bertz CT molecular complexity index is 239. The van der Waals surface area contributed by atoms with E-state index in [0.29, 0.717) is 13.0 Å². The van der Waals surface area contributed by atoms with Gasteiger partial charge in [-0.15, -0.1) is 0 Å². The van der Waals surface area contributed by atoms with Crippen LogP contribution >= 0.6 is 0 Å². The van der Waals surface area contributed by atoms with Crippen molar-refractivity contribution in [2.45, 2.75) is 32.6 Å². The van der Waals surface area contributed by atoms with Crippen LogP contribution in [0, 0.1) is 5.92 Å². The molecule has 0 aromatic carbocycles. The minimum absolute atomic E-state index is 0.0486. The van der Waals surface area contributed by atoms with Crippen LogP contribution in [0.4, 0.5) is 0 Å². The molecule has 0 bridgehead atoms. The van der Waals surface area contributed by atoms with E-state index < -0.39 is 9.84 Å². The van der Waals surface area contributed by atoms with Gasteiger partial charge in [0, 0.05) is 6.61 Å². The molecule has 0 amide bonds. The van der Waals surface area contributed by atoms with Crippen molar-refractivity contribution >= 4 is 9.84 Å². The molecule has 4 nitrogen and oxygen atoms in total. The Morgan fingerprint density at radius 2 is 1.80 bits per heavy atom. The third-order valence-electron chi connectivity index (χ3n) is 2.30. The SMILES string of the molecule is CC(CN)CS(=O)(=O)CCCCCCO. The average molecular weight is 237 g/mol. The van der Waals surface area contributed by atoms with Crippen LogP contribution in [0.25, 0.3) is 0 Å². The van der Waals surface area contributed by atoms with E-state index in [1.54, 1.807) is 0 Å². The summed E-state index contributed by atoms with van der Waals surface area (Å²) >= 11 is 0. The Morgan fingerprint density at radius 3 is 2.33 bits per heavy atom. The van der Waals surface area contributed by atoms with Gasteiger partial charge < -0.3 is 10.8 Å². The van der Waals surface area contributed by atoms with Crippen molar-refractivity contribution in [3.05, 3.63) is 0 Å². The minimum atomic E-state index is -2.92. The van der Waals surface area contributed by atoms with Crippen LogP contribution in [0.1, 0.15) is 32.6 Å². The Labute approximate surface area is 92.8 Å². The van der Waals surface area contributed by atoms with E-state index >= 15 is 0 Å². The summed E-state index contributed by atoms with van der Waals surface area (Å²) in [6.07, 6.45) is 3.23. The Morgan fingerprint density at radius 1 is 1.20 bits per heavy atom. The number of aliphatic hydroxyl groups is 1. The Kier molecular flexibility index (Phi) is 8.00. The second-order valence-electron chi connectivity index (χ2n) is 4.09. The van der Waals surface area contributed by atoms with E-state index in [1.165, 1.54) is 0 Å². The first-order chi connectivity index (χ1) is 7.02.